The van der Waals surface area contributed by atoms with Gasteiger partial charge in [-0.25, -0.2) is 8.42 Å². The maximum atomic E-state index is 12.8. The molecule has 0 bridgehead atoms. The van der Waals surface area contributed by atoms with E-state index in [1.54, 1.807) is 42.5 Å². The average molecular weight is 445 g/mol. The lowest BCUT2D eigenvalue weighted by Gasteiger charge is -2.20. The Morgan fingerprint density at radius 3 is 2.23 bits per heavy atom. The van der Waals surface area contributed by atoms with Crippen LogP contribution in [0.15, 0.2) is 77.7 Å². The molecule has 0 aliphatic carbocycles. The minimum Gasteiger partial charge on any atom is -0.497 e. The molecule has 6 nitrogen and oxygen atoms in total. The molecule has 8 heteroatoms. The van der Waals surface area contributed by atoms with Crippen LogP contribution in [0.4, 0.5) is 5.69 Å². The fourth-order valence-corrected chi connectivity index (χ4v) is 4.18. The first kappa shape index (κ1) is 21.7. The number of carbonyl (C=O) groups excluding carboxylic acids is 1. The van der Waals surface area contributed by atoms with Gasteiger partial charge < -0.3 is 10.1 Å². The predicted octanol–water partition coefficient (Wildman–Crippen LogP) is 4.10. The summed E-state index contributed by atoms with van der Waals surface area (Å²) in [5, 5.41) is 3.39. The highest BCUT2D eigenvalue weighted by Gasteiger charge is 2.21. The van der Waals surface area contributed by atoms with Crippen molar-refractivity contribution in [2.24, 2.45) is 0 Å². The zero-order valence-corrected chi connectivity index (χ0v) is 18.1. The maximum Gasteiger partial charge on any atom is 0.264 e. The van der Waals surface area contributed by atoms with E-state index >= 15 is 0 Å². The first-order valence-corrected chi connectivity index (χ1v) is 10.9. The Kier molecular flexibility index (Phi) is 6.64. The number of halogens is 1. The monoisotopic (exact) mass is 444 g/mol. The highest BCUT2D eigenvalue weighted by Crippen LogP contribution is 2.24. The second kappa shape index (κ2) is 9.19. The Bertz CT molecular complexity index is 1130. The topological polar surface area (TPSA) is 75.7 Å². The number of hydrogen-bond acceptors (Lipinski definition) is 4. The summed E-state index contributed by atoms with van der Waals surface area (Å²) >= 11 is 6.10. The minimum atomic E-state index is -3.74. The Hall–Kier alpha value is -3.03. The standard InChI is InChI=1S/C22H21ClN2O4S/c1-25(30(27,28)20-13-11-19(29-2)12-14-20)18-9-7-16(8-10-18)22(26)24-15-17-5-3-4-6-21(17)23/h3-14H,15H2,1-2H3,(H,24,26). The van der Waals surface area contributed by atoms with E-state index < -0.39 is 10.0 Å². The van der Waals surface area contributed by atoms with Gasteiger partial charge in [0.05, 0.1) is 17.7 Å². The number of benzene rings is 3. The number of nitrogens with one attached hydrogen (secondary N) is 1. The summed E-state index contributed by atoms with van der Waals surface area (Å²) in [6.07, 6.45) is 0. The van der Waals surface area contributed by atoms with Crippen molar-refractivity contribution in [3.8, 4) is 5.75 Å². The van der Waals surface area contributed by atoms with Gasteiger partial charge in [0.2, 0.25) is 0 Å². The lowest BCUT2D eigenvalue weighted by Crippen LogP contribution is -2.27. The molecular weight excluding hydrogens is 424 g/mol. The van der Waals surface area contributed by atoms with E-state index in [0.29, 0.717) is 28.6 Å². The fourth-order valence-electron chi connectivity index (χ4n) is 2.79. The molecule has 1 N–H and O–H groups in total. The molecule has 156 valence electrons. The van der Waals surface area contributed by atoms with Crippen LogP contribution in [0.25, 0.3) is 0 Å². The van der Waals surface area contributed by atoms with Crippen molar-refractivity contribution in [3.05, 3.63) is 88.9 Å². The number of methoxy groups -OCH3 is 1. The zero-order valence-electron chi connectivity index (χ0n) is 16.5. The van der Waals surface area contributed by atoms with E-state index in [9.17, 15) is 13.2 Å². The van der Waals surface area contributed by atoms with Gasteiger partial charge in [0, 0.05) is 24.2 Å². The number of nitrogens with zero attached hydrogens (tertiary/aromatic N) is 1. The molecule has 0 saturated carbocycles. The average Bonchev–Trinajstić information content (AvgIpc) is 2.78. The van der Waals surface area contributed by atoms with E-state index in [1.165, 1.54) is 30.6 Å². The molecule has 0 aliphatic heterocycles. The van der Waals surface area contributed by atoms with Crippen molar-refractivity contribution < 1.29 is 17.9 Å². The van der Waals surface area contributed by atoms with Crippen molar-refractivity contribution in [3.63, 3.8) is 0 Å². The van der Waals surface area contributed by atoms with Gasteiger partial charge in [-0.2, -0.15) is 0 Å². The van der Waals surface area contributed by atoms with Crippen LogP contribution >= 0.6 is 11.6 Å². The van der Waals surface area contributed by atoms with E-state index in [0.717, 1.165) is 5.56 Å². The largest absolute Gasteiger partial charge is 0.497 e. The Labute approximate surface area is 181 Å². The van der Waals surface area contributed by atoms with E-state index in [-0.39, 0.29) is 10.8 Å². The molecule has 0 saturated heterocycles. The third kappa shape index (κ3) is 4.75. The summed E-state index contributed by atoms with van der Waals surface area (Å²) < 4.78 is 31.9. The van der Waals surface area contributed by atoms with Gasteiger partial charge in [-0.1, -0.05) is 29.8 Å². The van der Waals surface area contributed by atoms with Gasteiger partial charge in [-0.15, -0.1) is 0 Å². The molecule has 0 aromatic heterocycles. The third-order valence-corrected chi connectivity index (χ3v) is 6.78. The van der Waals surface area contributed by atoms with Gasteiger partial charge in [0.1, 0.15) is 5.75 Å². The van der Waals surface area contributed by atoms with Crippen LogP contribution < -0.4 is 14.4 Å². The SMILES string of the molecule is COc1ccc(S(=O)(=O)N(C)c2ccc(C(=O)NCc3ccccc3Cl)cc2)cc1. The van der Waals surface area contributed by atoms with Crippen LogP contribution in [0, 0.1) is 0 Å². The van der Waals surface area contributed by atoms with E-state index in [1.807, 2.05) is 18.2 Å². The maximum absolute atomic E-state index is 12.8. The van der Waals surface area contributed by atoms with Gasteiger partial charge in [0.25, 0.3) is 15.9 Å². The summed E-state index contributed by atoms with van der Waals surface area (Å²) in [7, 11) is -0.759. The summed E-state index contributed by atoms with van der Waals surface area (Å²) in [6, 6.07) is 19.8. The van der Waals surface area contributed by atoms with Crippen LogP contribution in [0.3, 0.4) is 0 Å². The van der Waals surface area contributed by atoms with Gasteiger partial charge >= 0.3 is 0 Å². The Balaban J connectivity index is 1.70. The Morgan fingerprint density at radius 2 is 1.63 bits per heavy atom. The molecule has 3 aromatic carbocycles. The summed E-state index contributed by atoms with van der Waals surface area (Å²) in [6.45, 7) is 0.298. The summed E-state index contributed by atoms with van der Waals surface area (Å²) in [4.78, 5) is 12.5. The molecule has 0 atom stereocenters. The number of carbonyl (C=O) groups is 1. The molecule has 0 heterocycles. The van der Waals surface area contributed by atoms with Crippen LogP contribution in [0.1, 0.15) is 15.9 Å². The first-order chi connectivity index (χ1) is 14.3. The quantitative estimate of drug-likeness (QED) is 0.595. The smallest absolute Gasteiger partial charge is 0.264 e. The summed E-state index contributed by atoms with van der Waals surface area (Å²) in [5.41, 5.74) is 1.67. The van der Waals surface area contributed by atoms with Crippen molar-refractivity contribution in [2.75, 3.05) is 18.5 Å². The number of sulfonamides is 1. The molecule has 0 fully saturated rings. The van der Waals surface area contributed by atoms with Crippen LogP contribution in [0.5, 0.6) is 5.75 Å². The number of amides is 1. The lowest BCUT2D eigenvalue weighted by molar-refractivity contribution is 0.0951. The van der Waals surface area contributed by atoms with Crippen LogP contribution in [0.2, 0.25) is 5.02 Å². The van der Waals surface area contributed by atoms with Gasteiger partial charge in [-0.05, 0) is 60.2 Å². The number of rotatable bonds is 7. The third-order valence-electron chi connectivity index (χ3n) is 4.61. The minimum absolute atomic E-state index is 0.146. The number of ether oxygens (including phenoxy) is 1. The van der Waals surface area contributed by atoms with Crippen LogP contribution in [-0.4, -0.2) is 28.5 Å². The molecule has 30 heavy (non-hydrogen) atoms. The Morgan fingerprint density at radius 1 is 1.00 bits per heavy atom. The molecule has 3 aromatic rings. The molecule has 0 aliphatic rings. The van der Waals surface area contributed by atoms with Crippen molar-refractivity contribution in [2.45, 2.75) is 11.4 Å². The second-order valence-electron chi connectivity index (χ2n) is 6.47. The molecule has 3 rings (SSSR count). The fraction of sp³-hybridized carbons (Fsp3) is 0.136. The number of anilines is 1. The predicted molar refractivity (Wildman–Crippen MR) is 118 cm³/mol. The highest BCUT2D eigenvalue weighted by atomic mass is 35.5. The summed E-state index contributed by atoms with van der Waals surface area (Å²) in [5.74, 6) is 0.297. The highest BCUT2D eigenvalue weighted by molar-refractivity contribution is 7.92. The van der Waals surface area contributed by atoms with Gasteiger partial charge in [0.15, 0.2) is 0 Å². The van der Waals surface area contributed by atoms with E-state index in [2.05, 4.69) is 5.32 Å². The normalized spacial score (nSPS) is 11.0. The second-order valence-corrected chi connectivity index (χ2v) is 8.85. The molecule has 0 unspecified atom stereocenters. The van der Waals surface area contributed by atoms with Gasteiger partial charge in [-0.3, -0.25) is 9.10 Å². The van der Waals surface area contributed by atoms with Crippen molar-refractivity contribution >= 4 is 33.2 Å². The molecule has 0 spiro atoms. The van der Waals surface area contributed by atoms with Crippen molar-refractivity contribution in [1.29, 1.82) is 0 Å². The van der Waals surface area contributed by atoms with Crippen molar-refractivity contribution in [1.82, 2.24) is 5.32 Å². The molecular formula is C22H21ClN2O4S. The lowest BCUT2D eigenvalue weighted by atomic mass is 10.1. The van der Waals surface area contributed by atoms with E-state index in [4.69, 9.17) is 16.3 Å². The number of hydrogen-bond donors (Lipinski definition) is 1. The molecule has 1 amide bonds. The zero-order chi connectivity index (χ0) is 21.7. The van der Waals surface area contributed by atoms with Crippen LogP contribution in [-0.2, 0) is 16.6 Å². The molecule has 0 radical (unpaired) electrons. The first-order valence-electron chi connectivity index (χ1n) is 9.07.